The Labute approximate surface area is 185 Å². The molecule has 0 unspecified atom stereocenters. The molecule has 30 heavy (non-hydrogen) atoms. The summed E-state index contributed by atoms with van der Waals surface area (Å²) in [6.07, 6.45) is 4.61. The van der Waals surface area contributed by atoms with Crippen LogP contribution in [0.2, 0.25) is 5.02 Å². The third-order valence-corrected chi connectivity index (χ3v) is 7.34. The lowest BCUT2D eigenvalue weighted by atomic mass is 9.96. The molecule has 8 nitrogen and oxygen atoms in total. The van der Waals surface area contributed by atoms with Crippen molar-refractivity contribution in [1.29, 1.82) is 0 Å². The van der Waals surface area contributed by atoms with Gasteiger partial charge in [-0.3, -0.25) is 14.9 Å². The smallest absolute Gasteiger partial charge is 0.271 e. The average Bonchev–Trinajstić information content (AvgIpc) is 3.31. The summed E-state index contributed by atoms with van der Waals surface area (Å²) in [5.41, 5.74) is 2.57. The Morgan fingerprint density at radius 1 is 1.37 bits per heavy atom. The van der Waals surface area contributed by atoms with Gasteiger partial charge in [0.1, 0.15) is 0 Å². The van der Waals surface area contributed by atoms with E-state index in [-0.39, 0.29) is 28.1 Å². The van der Waals surface area contributed by atoms with Crippen LogP contribution in [0.3, 0.4) is 0 Å². The average molecular weight is 464 g/mol. The first-order chi connectivity index (χ1) is 14.4. The normalized spacial score (nSPS) is 13.1. The fourth-order valence-electron chi connectivity index (χ4n) is 3.40. The zero-order valence-electron chi connectivity index (χ0n) is 16.1. The SMILES string of the molecule is Cn1c(SCC(=O)Nc2cc([N+](=O)[O-])ccc2Cl)nnc1-c1csc2c1CCCC2. The highest BCUT2D eigenvalue weighted by Gasteiger charge is 2.21. The number of benzene rings is 1. The summed E-state index contributed by atoms with van der Waals surface area (Å²) < 4.78 is 1.90. The van der Waals surface area contributed by atoms with Crippen molar-refractivity contribution >= 4 is 52.0 Å². The fraction of sp³-hybridized carbons (Fsp3) is 0.316. The molecule has 0 saturated carbocycles. The maximum absolute atomic E-state index is 12.3. The molecule has 156 valence electrons. The Kier molecular flexibility index (Phi) is 6.07. The van der Waals surface area contributed by atoms with Crippen LogP contribution in [0.5, 0.6) is 0 Å². The maximum Gasteiger partial charge on any atom is 0.271 e. The van der Waals surface area contributed by atoms with E-state index in [9.17, 15) is 14.9 Å². The number of hydrogen-bond acceptors (Lipinski definition) is 7. The first-order valence-corrected chi connectivity index (χ1v) is 11.5. The Hall–Kier alpha value is -2.43. The fourth-order valence-corrected chi connectivity index (χ4v) is 5.40. The monoisotopic (exact) mass is 463 g/mol. The Balaban J connectivity index is 1.44. The van der Waals surface area contributed by atoms with Gasteiger partial charge in [-0.1, -0.05) is 23.4 Å². The lowest BCUT2D eigenvalue weighted by Crippen LogP contribution is -2.15. The number of non-ortho nitro benzene ring substituents is 1. The summed E-state index contributed by atoms with van der Waals surface area (Å²) >= 11 is 9.06. The van der Waals surface area contributed by atoms with E-state index in [0.717, 1.165) is 24.2 Å². The molecule has 2 aromatic heterocycles. The zero-order chi connectivity index (χ0) is 21.3. The summed E-state index contributed by atoms with van der Waals surface area (Å²) in [6.45, 7) is 0. The lowest BCUT2D eigenvalue weighted by molar-refractivity contribution is -0.384. The second-order valence-corrected chi connectivity index (χ2v) is 9.20. The number of nitrogens with zero attached hydrogens (tertiary/aromatic N) is 4. The van der Waals surface area contributed by atoms with E-state index >= 15 is 0 Å². The molecule has 0 radical (unpaired) electrons. The number of nitro benzene ring substituents is 1. The molecular formula is C19H18ClN5O3S2. The van der Waals surface area contributed by atoms with Gasteiger partial charge in [0.2, 0.25) is 5.91 Å². The predicted molar refractivity (Wildman–Crippen MR) is 118 cm³/mol. The number of thioether (sulfide) groups is 1. The first-order valence-electron chi connectivity index (χ1n) is 9.29. The number of nitro groups is 1. The van der Waals surface area contributed by atoms with Crippen molar-refractivity contribution in [2.24, 2.45) is 7.05 Å². The minimum Gasteiger partial charge on any atom is -0.324 e. The molecule has 1 aliphatic rings. The van der Waals surface area contributed by atoms with E-state index in [0.29, 0.717) is 5.16 Å². The topological polar surface area (TPSA) is 103 Å². The number of carbonyl (C=O) groups excluding carboxylic acids is 1. The molecule has 1 aliphatic carbocycles. The Bertz CT molecular complexity index is 1130. The van der Waals surface area contributed by atoms with Gasteiger partial charge in [-0.15, -0.1) is 21.5 Å². The van der Waals surface area contributed by atoms with E-state index in [1.807, 2.05) is 11.6 Å². The summed E-state index contributed by atoms with van der Waals surface area (Å²) in [4.78, 5) is 24.2. The van der Waals surface area contributed by atoms with Crippen LogP contribution in [0, 0.1) is 10.1 Å². The van der Waals surface area contributed by atoms with Crippen LogP contribution in [0.1, 0.15) is 23.3 Å². The van der Waals surface area contributed by atoms with Gasteiger partial charge in [0.25, 0.3) is 5.69 Å². The van der Waals surface area contributed by atoms with Crippen LogP contribution in [0.15, 0.2) is 28.7 Å². The summed E-state index contributed by atoms with van der Waals surface area (Å²) in [5, 5.41) is 25.1. The molecule has 11 heteroatoms. The van der Waals surface area contributed by atoms with Crippen molar-refractivity contribution in [3.8, 4) is 11.4 Å². The molecule has 0 atom stereocenters. The molecule has 2 heterocycles. The number of aromatic nitrogens is 3. The van der Waals surface area contributed by atoms with Crippen molar-refractivity contribution < 1.29 is 9.72 Å². The molecule has 1 N–H and O–H groups in total. The van der Waals surface area contributed by atoms with Crippen molar-refractivity contribution in [2.75, 3.05) is 11.1 Å². The zero-order valence-corrected chi connectivity index (χ0v) is 18.4. The van der Waals surface area contributed by atoms with Crippen LogP contribution in [-0.2, 0) is 24.7 Å². The van der Waals surface area contributed by atoms with Crippen LogP contribution in [0.4, 0.5) is 11.4 Å². The van der Waals surface area contributed by atoms with E-state index in [4.69, 9.17) is 11.6 Å². The number of thiophene rings is 1. The molecular weight excluding hydrogens is 446 g/mol. The quantitative estimate of drug-likeness (QED) is 0.322. The van der Waals surface area contributed by atoms with E-state index in [2.05, 4.69) is 20.9 Å². The Morgan fingerprint density at radius 3 is 2.97 bits per heavy atom. The highest BCUT2D eigenvalue weighted by Crippen LogP contribution is 2.36. The molecule has 0 fully saturated rings. The van der Waals surface area contributed by atoms with Crippen molar-refractivity contribution in [3.63, 3.8) is 0 Å². The molecule has 4 rings (SSSR count). The minimum atomic E-state index is -0.537. The third-order valence-electron chi connectivity index (χ3n) is 4.90. The van der Waals surface area contributed by atoms with Crippen LogP contribution in [0.25, 0.3) is 11.4 Å². The number of carbonyl (C=O) groups is 1. The van der Waals surface area contributed by atoms with Gasteiger partial charge >= 0.3 is 0 Å². The molecule has 0 aliphatic heterocycles. The number of nitrogens with one attached hydrogen (secondary N) is 1. The predicted octanol–water partition coefficient (Wildman–Crippen LogP) is 4.71. The van der Waals surface area contributed by atoms with Gasteiger partial charge in [-0.25, -0.2) is 0 Å². The highest BCUT2D eigenvalue weighted by molar-refractivity contribution is 7.99. The standard InChI is InChI=1S/C19H18ClN5O3S2/c1-24-18(13-9-29-16-5-3-2-4-12(13)16)22-23-19(24)30-10-17(26)21-15-8-11(25(27)28)6-7-14(15)20/h6-9H,2-5,10H2,1H3,(H,21,26). The van der Waals surface area contributed by atoms with E-state index in [1.165, 1.54) is 53.2 Å². The van der Waals surface area contributed by atoms with Crippen molar-refractivity contribution in [1.82, 2.24) is 14.8 Å². The van der Waals surface area contributed by atoms with Gasteiger partial charge < -0.3 is 9.88 Å². The van der Waals surface area contributed by atoms with Crippen LogP contribution >= 0.6 is 34.7 Å². The van der Waals surface area contributed by atoms with Crippen LogP contribution < -0.4 is 5.32 Å². The van der Waals surface area contributed by atoms with Gasteiger partial charge in [-0.2, -0.15) is 0 Å². The van der Waals surface area contributed by atoms with Gasteiger partial charge in [-0.05, 0) is 37.3 Å². The number of hydrogen-bond donors (Lipinski definition) is 1. The minimum absolute atomic E-state index is 0.0761. The molecule has 1 aromatic carbocycles. The van der Waals surface area contributed by atoms with Crippen molar-refractivity contribution in [3.05, 3.63) is 49.2 Å². The number of amides is 1. The molecule has 1 amide bonds. The second-order valence-electron chi connectivity index (χ2n) is 6.88. The number of aryl methyl sites for hydroxylation is 1. The summed E-state index contributed by atoms with van der Waals surface area (Å²) in [7, 11) is 1.89. The number of halogens is 1. The maximum atomic E-state index is 12.3. The summed E-state index contributed by atoms with van der Waals surface area (Å²) in [5.74, 6) is 0.547. The van der Waals surface area contributed by atoms with E-state index < -0.39 is 4.92 Å². The lowest BCUT2D eigenvalue weighted by Gasteiger charge is -2.12. The van der Waals surface area contributed by atoms with E-state index in [1.54, 1.807) is 11.3 Å². The third kappa shape index (κ3) is 4.21. The molecule has 3 aromatic rings. The Morgan fingerprint density at radius 2 is 2.17 bits per heavy atom. The largest absolute Gasteiger partial charge is 0.324 e. The number of anilines is 1. The van der Waals surface area contributed by atoms with Gasteiger partial charge in [0.15, 0.2) is 11.0 Å². The van der Waals surface area contributed by atoms with Crippen LogP contribution in [-0.4, -0.2) is 31.3 Å². The first kappa shape index (κ1) is 20.8. The highest BCUT2D eigenvalue weighted by atomic mass is 35.5. The van der Waals surface area contributed by atoms with Crippen molar-refractivity contribution in [2.45, 2.75) is 30.8 Å². The number of fused-ring (bicyclic) bond motifs is 1. The van der Waals surface area contributed by atoms with Gasteiger partial charge in [0, 0.05) is 35.0 Å². The molecule has 0 bridgehead atoms. The second kappa shape index (κ2) is 8.75. The number of rotatable bonds is 6. The summed E-state index contributed by atoms with van der Waals surface area (Å²) in [6, 6.07) is 3.92. The molecule has 0 saturated heterocycles. The van der Waals surface area contributed by atoms with Gasteiger partial charge in [0.05, 0.1) is 21.4 Å². The molecule has 0 spiro atoms.